The number of ketones is 1. The van der Waals surface area contributed by atoms with Gasteiger partial charge in [0.25, 0.3) is 0 Å². The molecule has 0 fully saturated rings. The molecular weight excluding hydrogens is 292 g/mol. The monoisotopic (exact) mass is 306 g/mol. The van der Waals surface area contributed by atoms with Gasteiger partial charge in [0, 0.05) is 22.9 Å². The van der Waals surface area contributed by atoms with Gasteiger partial charge >= 0.3 is 0 Å². The number of aromatic nitrogens is 2. The van der Waals surface area contributed by atoms with Crippen molar-refractivity contribution in [2.75, 3.05) is 6.26 Å². The molecule has 1 heterocycles. The van der Waals surface area contributed by atoms with Gasteiger partial charge < -0.3 is 0 Å². The van der Waals surface area contributed by atoms with E-state index < -0.39 is 0 Å². The molecule has 108 valence electrons. The largest absolute Gasteiger partial charge is 0.289 e. The lowest BCUT2D eigenvalue weighted by Crippen LogP contribution is -1.93. The third-order valence-corrected chi connectivity index (χ3v) is 4.04. The highest BCUT2D eigenvalue weighted by atomic mass is 32.2. The molecule has 0 aliphatic carbocycles. The number of hydrogen-bond acceptors (Lipinski definition) is 4. The molecular formula is C18H14N2OS. The van der Waals surface area contributed by atoms with Crippen molar-refractivity contribution in [3.63, 3.8) is 0 Å². The quantitative estimate of drug-likeness (QED) is 0.410. The van der Waals surface area contributed by atoms with Crippen LogP contribution in [0.25, 0.3) is 17.1 Å². The van der Waals surface area contributed by atoms with E-state index in [4.69, 9.17) is 0 Å². The van der Waals surface area contributed by atoms with Crippen molar-refractivity contribution >= 4 is 34.7 Å². The number of thioether (sulfide) groups is 1. The fourth-order valence-corrected chi connectivity index (χ4v) is 2.52. The number of allylic oxidation sites excluding steroid dienone is 1. The van der Waals surface area contributed by atoms with Gasteiger partial charge in [-0.1, -0.05) is 12.1 Å². The molecule has 0 atom stereocenters. The van der Waals surface area contributed by atoms with E-state index >= 15 is 0 Å². The molecule has 0 amide bonds. The molecule has 0 aliphatic rings. The van der Waals surface area contributed by atoms with Crippen LogP contribution in [0.2, 0.25) is 0 Å². The van der Waals surface area contributed by atoms with Gasteiger partial charge in [-0.05, 0) is 54.3 Å². The number of benzene rings is 2. The minimum atomic E-state index is -0.00750. The molecule has 0 saturated carbocycles. The van der Waals surface area contributed by atoms with Crippen molar-refractivity contribution in [3.8, 4) is 0 Å². The predicted octanol–water partition coefficient (Wildman–Crippen LogP) is 4.25. The first-order valence-electron chi connectivity index (χ1n) is 6.83. The SMILES string of the molecule is CSc1ccc(C(=O)C=Cc2ccc3nccnc3c2)cc1. The van der Waals surface area contributed by atoms with Crippen molar-refractivity contribution in [2.24, 2.45) is 0 Å². The van der Waals surface area contributed by atoms with Crippen molar-refractivity contribution in [1.29, 1.82) is 0 Å². The van der Waals surface area contributed by atoms with E-state index in [1.165, 1.54) is 0 Å². The van der Waals surface area contributed by atoms with E-state index in [1.54, 1.807) is 36.3 Å². The lowest BCUT2D eigenvalue weighted by molar-refractivity contribution is 0.104. The molecule has 0 saturated heterocycles. The summed E-state index contributed by atoms with van der Waals surface area (Å²) in [6, 6.07) is 13.4. The smallest absolute Gasteiger partial charge is 0.185 e. The third kappa shape index (κ3) is 3.23. The van der Waals surface area contributed by atoms with Crippen molar-refractivity contribution < 1.29 is 4.79 Å². The van der Waals surface area contributed by atoms with Gasteiger partial charge in [-0.2, -0.15) is 0 Å². The van der Waals surface area contributed by atoms with Crippen molar-refractivity contribution in [1.82, 2.24) is 9.97 Å². The zero-order chi connectivity index (χ0) is 15.4. The summed E-state index contributed by atoms with van der Waals surface area (Å²) in [5, 5.41) is 0. The fraction of sp³-hybridized carbons (Fsp3) is 0.0556. The van der Waals surface area contributed by atoms with Crippen LogP contribution in [0.5, 0.6) is 0 Å². The number of hydrogen-bond donors (Lipinski definition) is 0. The summed E-state index contributed by atoms with van der Waals surface area (Å²) in [7, 11) is 0. The number of nitrogens with zero attached hydrogens (tertiary/aromatic N) is 2. The zero-order valence-corrected chi connectivity index (χ0v) is 12.9. The van der Waals surface area contributed by atoms with Crippen molar-refractivity contribution in [3.05, 3.63) is 72.1 Å². The zero-order valence-electron chi connectivity index (χ0n) is 12.1. The van der Waals surface area contributed by atoms with E-state index in [1.807, 2.05) is 48.7 Å². The van der Waals surface area contributed by atoms with E-state index in [9.17, 15) is 4.79 Å². The molecule has 0 radical (unpaired) electrons. The molecule has 0 unspecified atom stereocenters. The summed E-state index contributed by atoms with van der Waals surface area (Å²) in [5.74, 6) is -0.00750. The Balaban J connectivity index is 1.80. The molecule has 0 spiro atoms. The first-order chi connectivity index (χ1) is 10.8. The second-order valence-corrected chi connectivity index (χ2v) is 5.61. The highest BCUT2D eigenvalue weighted by molar-refractivity contribution is 7.98. The summed E-state index contributed by atoms with van der Waals surface area (Å²) >= 11 is 1.66. The lowest BCUT2D eigenvalue weighted by Gasteiger charge is -1.99. The van der Waals surface area contributed by atoms with Crippen LogP contribution in [0.15, 0.2) is 65.8 Å². The normalized spacial score (nSPS) is 11.1. The van der Waals surface area contributed by atoms with E-state index in [0.717, 1.165) is 21.5 Å². The van der Waals surface area contributed by atoms with Crippen LogP contribution in [-0.2, 0) is 0 Å². The van der Waals surface area contributed by atoms with Crippen LogP contribution in [0.1, 0.15) is 15.9 Å². The Morgan fingerprint density at radius 2 is 1.73 bits per heavy atom. The molecule has 3 aromatic rings. The number of carbonyl (C=O) groups excluding carboxylic acids is 1. The van der Waals surface area contributed by atoms with E-state index in [2.05, 4.69) is 9.97 Å². The minimum absolute atomic E-state index is 0.00750. The van der Waals surface area contributed by atoms with Gasteiger partial charge in [0.05, 0.1) is 11.0 Å². The average Bonchev–Trinajstić information content (AvgIpc) is 2.59. The Morgan fingerprint density at radius 1 is 1.00 bits per heavy atom. The van der Waals surface area contributed by atoms with Gasteiger partial charge in [0.15, 0.2) is 5.78 Å². The molecule has 0 bridgehead atoms. The van der Waals surface area contributed by atoms with E-state index in [0.29, 0.717) is 5.56 Å². The van der Waals surface area contributed by atoms with Crippen LogP contribution in [0.3, 0.4) is 0 Å². The van der Waals surface area contributed by atoms with Gasteiger partial charge in [0.1, 0.15) is 0 Å². The summed E-state index contributed by atoms with van der Waals surface area (Å²) in [6.07, 6.45) is 8.73. The third-order valence-electron chi connectivity index (χ3n) is 3.30. The number of rotatable bonds is 4. The molecule has 22 heavy (non-hydrogen) atoms. The summed E-state index contributed by atoms with van der Waals surface area (Å²) in [6.45, 7) is 0. The maximum atomic E-state index is 12.2. The maximum Gasteiger partial charge on any atom is 0.185 e. The summed E-state index contributed by atoms with van der Waals surface area (Å²) in [5.41, 5.74) is 3.29. The van der Waals surface area contributed by atoms with Crippen LogP contribution < -0.4 is 0 Å². The Morgan fingerprint density at radius 3 is 2.45 bits per heavy atom. The van der Waals surface area contributed by atoms with Gasteiger partial charge in [-0.3, -0.25) is 14.8 Å². The molecule has 1 aromatic heterocycles. The summed E-state index contributed by atoms with van der Waals surface area (Å²) < 4.78 is 0. The molecule has 4 heteroatoms. The Hall–Kier alpha value is -2.46. The van der Waals surface area contributed by atoms with Gasteiger partial charge in [-0.15, -0.1) is 11.8 Å². The maximum absolute atomic E-state index is 12.2. The number of fused-ring (bicyclic) bond motifs is 1. The number of carbonyl (C=O) groups is 1. The average molecular weight is 306 g/mol. The molecule has 2 aromatic carbocycles. The summed E-state index contributed by atoms with van der Waals surface area (Å²) in [4.78, 5) is 21.8. The van der Waals surface area contributed by atoms with Crippen molar-refractivity contribution in [2.45, 2.75) is 4.90 Å². The Labute approximate surface area is 133 Å². The van der Waals surface area contributed by atoms with Gasteiger partial charge in [-0.25, -0.2) is 0 Å². The Kier molecular flexibility index (Phi) is 4.30. The highest BCUT2D eigenvalue weighted by Crippen LogP contribution is 2.16. The topological polar surface area (TPSA) is 42.9 Å². The highest BCUT2D eigenvalue weighted by Gasteiger charge is 2.02. The molecule has 3 rings (SSSR count). The second-order valence-electron chi connectivity index (χ2n) is 4.73. The van der Waals surface area contributed by atoms with Crippen LogP contribution in [-0.4, -0.2) is 22.0 Å². The molecule has 0 aliphatic heterocycles. The first-order valence-corrected chi connectivity index (χ1v) is 8.06. The minimum Gasteiger partial charge on any atom is -0.289 e. The van der Waals surface area contributed by atoms with Crippen LogP contribution in [0, 0.1) is 0 Å². The predicted molar refractivity (Wildman–Crippen MR) is 91.1 cm³/mol. The standard InChI is InChI=1S/C18H14N2OS/c1-22-15-6-4-14(5-7-15)18(21)9-3-13-2-8-16-17(12-13)20-11-10-19-16/h2-12H,1H3. The van der Waals surface area contributed by atoms with E-state index in [-0.39, 0.29) is 5.78 Å². The lowest BCUT2D eigenvalue weighted by atomic mass is 10.1. The molecule has 3 nitrogen and oxygen atoms in total. The second kappa shape index (κ2) is 6.54. The first kappa shape index (κ1) is 14.5. The van der Waals surface area contributed by atoms with Crippen LogP contribution in [0.4, 0.5) is 0 Å². The fourth-order valence-electron chi connectivity index (χ4n) is 2.11. The Bertz CT molecular complexity index is 841. The van der Waals surface area contributed by atoms with Gasteiger partial charge in [0.2, 0.25) is 0 Å². The molecule has 0 N–H and O–H groups in total. The van der Waals surface area contributed by atoms with Crippen LogP contribution >= 0.6 is 11.8 Å².